The zero-order valence-corrected chi connectivity index (χ0v) is 11.0. The maximum Gasteiger partial charge on any atom is 0.232 e. The van der Waals surface area contributed by atoms with E-state index in [0.29, 0.717) is 25.6 Å². The lowest BCUT2D eigenvalue weighted by atomic mass is 10.1. The molecule has 0 spiro atoms. The number of methoxy groups -OCH3 is 1. The summed E-state index contributed by atoms with van der Waals surface area (Å²) < 4.78 is 10.2. The Morgan fingerprint density at radius 3 is 2.47 bits per heavy atom. The monoisotopic (exact) mass is 239 g/mol. The number of aromatic nitrogens is 2. The van der Waals surface area contributed by atoms with Crippen LogP contribution in [0.1, 0.15) is 26.5 Å². The molecule has 0 aromatic carbocycles. The molecule has 0 aliphatic carbocycles. The zero-order chi connectivity index (χ0) is 12.7. The molecule has 1 heterocycles. The van der Waals surface area contributed by atoms with Crippen LogP contribution in [0.2, 0.25) is 0 Å². The van der Waals surface area contributed by atoms with Gasteiger partial charge in [0.25, 0.3) is 0 Å². The normalized spacial score (nSPS) is 11.5. The Morgan fingerprint density at radius 1 is 1.18 bits per heavy atom. The standard InChI is InChI=1S/C12H21N3O2/c1-12(2,3)15-8-10-7-14-11(9-13-10)17-6-5-16-4/h7,9,15H,5-6,8H2,1-4H3. The molecule has 1 aromatic heterocycles. The maximum absolute atomic E-state index is 5.33. The van der Waals surface area contributed by atoms with Crippen molar-refractivity contribution in [3.63, 3.8) is 0 Å². The molecule has 1 rings (SSSR count). The van der Waals surface area contributed by atoms with Crippen molar-refractivity contribution in [3.8, 4) is 5.88 Å². The van der Waals surface area contributed by atoms with Gasteiger partial charge >= 0.3 is 0 Å². The minimum Gasteiger partial charge on any atom is -0.474 e. The molecule has 0 atom stereocenters. The summed E-state index contributed by atoms with van der Waals surface area (Å²) in [6, 6.07) is 0. The van der Waals surface area contributed by atoms with Crippen molar-refractivity contribution in [2.24, 2.45) is 0 Å². The van der Waals surface area contributed by atoms with E-state index in [4.69, 9.17) is 9.47 Å². The average molecular weight is 239 g/mol. The molecule has 0 amide bonds. The summed E-state index contributed by atoms with van der Waals surface area (Å²) in [7, 11) is 1.64. The highest BCUT2D eigenvalue weighted by Gasteiger charge is 2.08. The highest BCUT2D eigenvalue weighted by atomic mass is 16.5. The summed E-state index contributed by atoms with van der Waals surface area (Å²) in [6.07, 6.45) is 3.36. The fraction of sp³-hybridized carbons (Fsp3) is 0.667. The van der Waals surface area contributed by atoms with Crippen molar-refractivity contribution < 1.29 is 9.47 Å². The molecule has 0 aliphatic rings. The molecular weight excluding hydrogens is 218 g/mol. The van der Waals surface area contributed by atoms with E-state index in [0.717, 1.165) is 5.69 Å². The van der Waals surface area contributed by atoms with E-state index in [1.807, 2.05) is 0 Å². The highest BCUT2D eigenvalue weighted by Crippen LogP contribution is 2.05. The van der Waals surface area contributed by atoms with Crippen molar-refractivity contribution in [2.45, 2.75) is 32.9 Å². The van der Waals surface area contributed by atoms with Crippen LogP contribution in [0, 0.1) is 0 Å². The second-order valence-electron chi connectivity index (χ2n) is 4.79. The van der Waals surface area contributed by atoms with Crippen LogP contribution >= 0.6 is 0 Å². The summed E-state index contributed by atoms with van der Waals surface area (Å²) in [5.41, 5.74) is 0.981. The predicted molar refractivity (Wildman–Crippen MR) is 66.0 cm³/mol. The van der Waals surface area contributed by atoms with Gasteiger partial charge in [0.1, 0.15) is 6.61 Å². The minimum absolute atomic E-state index is 0.0787. The number of hydrogen-bond acceptors (Lipinski definition) is 5. The van der Waals surface area contributed by atoms with Crippen molar-refractivity contribution in [1.29, 1.82) is 0 Å². The summed E-state index contributed by atoms with van der Waals surface area (Å²) in [5.74, 6) is 0.529. The van der Waals surface area contributed by atoms with E-state index in [1.54, 1.807) is 19.5 Å². The molecule has 0 saturated carbocycles. The van der Waals surface area contributed by atoms with Gasteiger partial charge in [-0.3, -0.25) is 4.98 Å². The van der Waals surface area contributed by atoms with E-state index in [9.17, 15) is 0 Å². The van der Waals surface area contributed by atoms with Crippen LogP contribution in [0.4, 0.5) is 0 Å². The van der Waals surface area contributed by atoms with Gasteiger partial charge in [-0.05, 0) is 20.8 Å². The van der Waals surface area contributed by atoms with Crippen LogP contribution in [0.3, 0.4) is 0 Å². The summed E-state index contributed by atoms with van der Waals surface area (Å²) in [4.78, 5) is 8.44. The van der Waals surface area contributed by atoms with E-state index < -0.39 is 0 Å². The second-order valence-corrected chi connectivity index (χ2v) is 4.79. The topological polar surface area (TPSA) is 56.3 Å². The van der Waals surface area contributed by atoms with E-state index >= 15 is 0 Å². The van der Waals surface area contributed by atoms with Gasteiger partial charge in [0.15, 0.2) is 0 Å². The third-order valence-corrected chi connectivity index (χ3v) is 2.02. The second kappa shape index (κ2) is 6.51. The van der Waals surface area contributed by atoms with Crippen molar-refractivity contribution >= 4 is 0 Å². The van der Waals surface area contributed by atoms with Gasteiger partial charge in [0.05, 0.1) is 24.7 Å². The van der Waals surface area contributed by atoms with Gasteiger partial charge in [-0.15, -0.1) is 0 Å². The Kier molecular flexibility index (Phi) is 5.31. The Hall–Kier alpha value is -1.20. The lowest BCUT2D eigenvalue weighted by Crippen LogP contribution is -2.35. The molecule has 0 bridgehead atoms. The molecule has 0 radical (unpaired) electrons. The highest BCUT2D eigenvalue weighted by molar-refractivity contribution is 5.07. The first-order chi connectivity index (χ1) is 8.01. The van der Waals surface area contributed by atoms with Crippen LogP contribution < -0.4 is 10.1 Å². The average Bonchev–Trinajstić information content (AvgIpc) is 2.27. The number of nitrogens with zero attached hydrogens (tertiary/aromatic N) is 2. The van der Waals surface area contributed by atoms with Gasteiger partial charge in [0.2, 0.25) is 5.88 Å². The molecule has 0 unspecified atom stereocenters. The van der Waals surface area contributed by atoms with Gasteiger partial charge in [0, 0.05) is 19.2 Å². The molecule has 96 valence electrons. The lowest BCUT2D eigenvalue weighted by molar-refractivity contribution is 0.143. The molecular formula is C12H21N3O2. The van der Waals surface area contributed by atoms with Crippen LogP contribution in [0.5, 0.6) is 5.88 Å². The third-order valence-electron chi connectivity index (χ3n) is 2.02. The molecule has 1 N–H and O–H groups in total. The fourth-order valence-electron chi connectivity index (χ4n) is 1.09. The Balaban J connectivity index is 2.39. The van der Waals surface area contributed by atoms with Crippen LogP contribution in [0.15, 0.2) is 12.4 Å². The largest absolute Gasteiger partial charge is 0.474 e. The number of ether oxygens (including phenoxy) is 2. The van der Waals surface area contributed by atoms with Crippen molar-refractivity contribution in [2.75, 3.05) is 20.3 Å². The first-order valence-corrected chi connectivity index (χ1v) is 5.69. The Bertz CT molecular complexity index is 320. The van der Waals surface area contributed by atoms with Crippen LogP contribution in [-0.2, 0) is 11.3 Å². The number of hydrogen-bond donors (Lipinski definition) is 1. The molecule has 0 aliphatic heterocycles. The van der Waals surface area contributed by atoms with Crippen LogP contribution in [0.25, 0.3) is 0 Å². The third kappa shape index (κ3) is 6.19. The SMILES string of the molecule is COCCOc1cnc(CNC(C)(C)C)cn1. The summed E-state index contributed by atoms with van der Waals surface area (Å²) in [6.45, 7) is 8.09. The molecule has 1 aromatic rings. The van der Waals surface area contributed by atoms with Gasteiger partial charge in [-0.1, -0.05) is 0 Å². The van der Waals surface area contributed by atoms with Gasteiger partial charge < -0.3 is 14.8 Å². The van der Waals surface area contributed by atoms with Gasteiger partial charge in [-0.25, -0.2) is 4.98 Å². The molecule has 5 heteroatoms. The Labute approximate surface area is 103 Å². The van der Waals surface area contributed by atoms with Crippen molar-refractivity contribution in [1.82, 2.24) is 15.3 Å². The number of rotatable bonds is 6. The lowest BCUT2D eigenvalue weighted by Gasteiger charge is -2.19. The maximum atomic E-state index is 5.33. The summed E-state index contributed by atoms with van der Waals surface area (Å²) >= 11 is 0. The van der Waals surface area contributed by atoms with Crippen LogP contribution in [-0.4, -0.2) is 35.8 Å². The Morgan fingerprint density at radius 2 is 1.94 bits per heavy atom. The molecule has 5 nitrogen and oxygen atoms in total. The van der Waals surface area contributed by atoms with E-state index in [-0.39, 0.29) is 5.54 Å². The predicted octanol–water partition coefficient (Wildman–Crippen LogP) is 1.39. The smallest absolute Gasteiger partial charge is 0.232 e. The van der Waals surface area contributed by atoms with E-state index in [1.165, 1.54) is 0 Å². The van der Waals surface area contributed by atoms with Crippen molar-refractivity contribution in [3.05, 3.63) is 18.1 Å². The minimum atomic E-state index is 0.0787. The fourth-order valence-corrected chi connectivity index (χ4v) is 1.09. The number of nitrogens with one attached hydrogen (secondary N) is 1. The first-order valence-electron chi connectivity index (χ1n) is 5.69. The first kappa shape index (κ1) is 13.9. The zero-order valence-electron chi connectivity index (χ0n) is 11.0. The quantitative estimate of drug-likeness (QED) is 0.760. The molecule has 0 saturated heterocycles. The molecule has 0 fully saturated rings. The molecule has 17 heavy (non-hydrogen) atoms. The van der Waals surface area contributed by atoms with Gasteiger partial charge in [-0.2, -0.15) is 0 Å². The summed E-state index contributed by atoms with van der Waals surface area (Å²) in [5, 5.41) is 3.35. The van der Waals surface area contributed by atoms with E-state index in [2.05, 4.69) is 36.1 Å².